The van der Waals surface area contributed by atoms with Gasteiger partial charge in [0.05, 0.1) is 4.90 Å². The normalized spacial score (nSPS) is 17.4. The Morgan fingerprint density at radius 3 is 2.27 bits per heavy atom. The summed E-state index contributed by atoms with van der Waals surface area (Å²) in [5, 5.41) is 5.20. The molecule has 10 heteroatoms. The topological polar surface area (TPSA) is 98.8 Å². The molecule has 2 aromatic rings. The first-order chi connectivity index (χ1) is 14.2. The van der Waals surface area contributed by atoms with Crippen LogP contribution in [0.1, 0.15) is 5.56 Å². The molecule has 1 heterocycles. The van der Waals surface area contributed by atoms with E-state index >= 15 is 0 Å². The van der Waals surface area contributed by atoms with Crippen LogP contribution in [0, 0.1) is 12.7 Å². The minimum Gasteiger partial charge on any atom is -0.358 e. The van der Waals surface area contributed by atoms with Gasteiger partial charge in [0.1, 0.15) is 11.9 Å². The summed E-state index contributed by atoms with van der Waals surface area (Å²) in [5.74, 6) is -1.09. The molecule has 0 radical (unpaired) electrons. The molecular formula is C20H23FN4O4S. The molecule has 1 aliphatic heterocycles. The van der Waals surface area contributed by atoms with Crippen LogP contribution in [0.25, 0.3) is 0 Å². The molecule has 30 heavy (non-hydrogen) atoms. The largest absolute Gasteiger partial charge is 0.358 e. The van der Waals surface area contributed by atoms with Crippen LogP contribution >= 0.6 is 0 Å². The highest BCUT2D eigenvalue weighted by Gasteiger charge is 2.41. The van der Waals surface area contributed by atoms with Gasteiger partial charge in [-0.15, -0.1) is 0 Å². The molecule has 3 rings (SSSR count). The lowest BCUT2D eigenvalue weighted by Crippen LogP contribution is -2.61. The molecule has 1 aliphatic rings. The molecule has 8 nitrogen and oxygen atoms in total. The van der Waals surface area contributed by atoms with Crippen molar-refractivity contribution < 1.29 is 22.4 Å². The van der Waals surface area contributed by atoms with Crippen LogP contribution in [0.2, 0.25) is 0 Å². The van der Waals surface area contributed by atoms with E-state index in [-0.39, 0.29) is 24.5 Å². The van der Waals surface area contributed by atoms with Crippen molar-refractivity contribution in [2.45, 2.75) is 17.9 Å². The van der Waals surface area contributed by atoms with Gasteiger partial charge >= 0.3 is 6.03 Å². The number of carbonyl (C=O) groups excluding carboxylic acids is 2. The summed E-state index contributed by atoms with van der Waals surface area (Å²) < 4.78 is 40.3. The highest BCUT2D eigenvalue weighted by atomic mass is 32.2. The summed E-state index contributed by atoms with van der Waals surface area (Å²) in [6, 6.07) is 10.1. The third-order valence-corrected chi connectivity index (χ3v) is 6.81. The van der Waals surface area contributed by atoms with Crippen LogP contribution in [0.3, 0.4) is 0 Å². The zero-order valence-electron chi connectivity index (χ0n) is 16.6. The van der Waals surface area contributed by atoms with Gasteiger partial charge in [0.2, 0.25) is 15.9 Å². The molecule has 0 aromatic heterocycles. The minimum atomic E-state index is -4.05. The lowest BCUT2D eigenvalue weighted by molar-refractivity contribution is -0.125. The van der Waals surface area contributed by atoms with Crippen molar-refractivity contribution in [3.8, 4) is 0 Å². The van der Waals surface area contributed by atoms with Crippen molar-refractivity contribution in [1.82, 2.24) is 14.5 Å². The Kier molecular flexibility index (Phi) is 6.37. The van der Waals surface area contributed by atoms with Crippen molar-refractivity contribution in [3.63, 3.8) is 0 Å². The first-order valence-corrected chi connectivity index (χ1v) is 10.8. The first kappa shape index (κ1) is 21.7. The van der Waals surface area contributed by atoms with Gasteiger partial charge in [0, 0.05) is 32.4 Å². The Hall–Kier alpha value is -2.98. The zero-order valence-corrected chi connectivity index (χ0v) is 17.4. The highest BCUT2D eigenvalue weighted by molar-refractivity contribution is 7.89. The lowest BCUT2D eigenvalue weighted by Gasteiger charge is -2.39. The second-order valence-corrected chi connectivity index (χ2v) is 8.83. The second kappa shape index (κ2) is 8.80. The fourth-order valence-electron chi connectivity index (χ4n) is 3.20. The Balaban J connectivity index is 1.80. The molecule has 0 bridgehead atoms. The number of aryl methyl sites for hydroxylation is 1. The average molecular weight is 434 g/mol. The Bertz CT molecular complexity index is 1030. The van der Waals surface area contributed by atoms with E-state index in [9.17, 15) is 22.4 Å². The van der Waals surface area contributed by atoms with E-state index in [0.717, 1.165) is 34.1 Å². The molecular weight excluding hydrogens is 411 g/mol. The van der Waals surface area contributed by atoms with Crippen molar-refractivity contribution in [2.75, 3.05) is 32.0 Å². The quantitative estimate of drug-likeness (QED) is 0.766. The minimum absolute atomic E-state index is 0.0703. The number of anilines is 1. The van der Waals surface area contributed by atoms with E-state index < -0.39 is 33.8 Å². The molecule has 1 saturated heterocycles. The van der Waals surface area contributed by atoms with Crippen LogP contribution in [0.5, 0.6) is 0 Å². The number of rotatable bonds is 4. The van der Waals surface area contributed by atoms with Crippen molar-refractivity contribution in [2.24, 2.45) is 0 Å². The smallest absolute Gasteiger partial charge is 0.321 e. The summed E-state index contributed by atoms with van der Waals surface area (Å²) in [4.78, 5) is 26.4. The summed E-state index contributed by atoms with van der Waals surface area (Å²) in [6.45, 7) is 1.85. The fraction of sp³-hybridized carbons (Fsp3) is 0.300. The number of urea groups is 1. The maximum atomic E-state index is 13.2. The molecule has 1 fully saturated rings. The molecule has 0 aliphatic carbocycles. The summed E-state index contributed by atoms with van der Waals surface area (Å²) in [7, 11) is -2.65. The zero-order chi connectivity index (χ0) is 21.9. The predicted molar refractivity (Wildman–Crippen MR) is 110 cm³/mol. The summed E-state index contributed by atoms with van der Waals surface area (Å²) in [5.41, 5.74) is 1.65. The first-order valence-electron chi connectivity index (χ1n) is 9.34. The molecule has 0 saturated carbocycles. The number of likely N-dealkylation sites (N-methyl/N-ethyl adjacent to an activating group) is 1. The van der Waals surface area contributed by atoms with Crippen LogP contribution < -0.4 is 10.6 Å². The van der Waals surface area contributed by atoms with Crippen LogP contribution in [0.15, 0.2) is 53.4 Å². The monoisotopic (exact) mass is 434 g/mol. The van der Waals surface area contributed by atoms with E-state index in [1.807, 2.05) is 19.1 Å². The van der Waals surface area contributed by atoms with E-state index in [4.69, 9.17) is 0 Å². The summed E-state index contributed by atoms with van der Waals surface area (Å²) >= 11 is 0. The highest BCUT2D eigenvalue weighted by Crippen LogP contribution is 2.23. The van der Waals surface area contributed by atoms with Gasteiger partial charge in [0.15, 0.2) is 0 Å². The number of amides is 3. The van der Waals surface area contributed by atoms with Gasteiger partial charge in [-0.05, 0) is 43.3 Å². The second-order valence-electron chi connectivity index (χ2n) is 6.94. The number of nitrogens with zero attached hydrogens (tertiary/aromatic N) is 2. The maximum absolute atomic E-state index is 13.2. The standard InChI is InChI=1S/C20H23FN4O4S/c1-14-3-7-16(8-4-14)23-20(27)24-11-12-25(18(13-24)19(26)22-2)30(28,29)17-9-5-15(21)6-10-17/h3-10,18H,11-13H2,1-2H3,(H,22,26)(H,23,27). The molecule has 3 amide bonds. The van der Waals surface area contributed by atoms with Gasteiger partial charge in [-0.1, -0.05) is 17.7 Å². The van der Waals surface area contributed by atoms with E-state index in [1.165, 1.54) is 11.9 Å². The van der Waals surface area contributed by atoms with Crippen molar-refractivity contribution in [1.29, 1.82) is 0 Å². The van der Waals surface area contributed by atoms with Crippen LogP contribution in [-0.4, -0.2) is 62.3 Å². The number of nitrogens with one attached hydrogen (secondary N) is 2. The summed E-state index contributed by atoms with van der Waals surface area (Å²) in [6.07, 6.45) is 0. The van der Waals surface area contributed by atoms with Crippen LogP contribution in [-0.2, 0) is 14.8 Å². The van der Waals surface area contributed by atoms with Gasteiger partial charge in [-0.2, -0.15) is 4.31 Å². The third-order valence-electron chi connectivity index (χ3n) is 4.89. The third kappa shape index (κ3) is 4.60. The van der Waals surface area contributed by atoms with Gasteiger partial charge < -0.3 is 15.5 Å². The molecule has 0 spiro atoms. The maximum Gasteiger partial charge on any atom is 0.321 e. The van der Waals surface area contributed by atoms with Gasteiger partial charge in [-0.3, -0.25) is 4.79 Å². The SMILES string of the molecule is CNC(=O)C1CN(C(=O)Nc2ccc(C)cc2)CCN1S(=O)(=O)c1ccc(F)cc1. The van der Waals surface area contributed by atoms with Crippen molar-refractivity contribution in [3.05, 3.63) is 59.9 Å². The average Bonchev–Trinajstić information content (AvgIpc) is 2.74. The molecule has 2 aromatic carbocycles. The number of sulfonamides is 1. The van der Waals surface area contributed by atoms with E-state index in [0.29, 0.717) is 5.69 Å². The number of piperazine rings is 1. The Labute approximate surface area is 174 Å². The number of halogens is 1. The van der Waals surface area contributed by atoms with E-state index in [1.54, 1.807) is 12.1 Å². The van der Waals surface area contributed by atoms with Gasteiger partial charge in [0.25, 0.3) is 0 Å². The number of carbonyl (C=O) groups is 2. The number of benzene rings is 2. The number of hydrogen-bond donors (Lipinski definition) is 2. The molecule has 1 atom stereocenters. The molecule has 2 N–H and O–H groups in total. The Morgan fingerprint density at radius 2 is 1.67 bits per heavy atom. The fourth-order valence-corrected chi connectivity index (χ4v) is 4.77. The number of hydrogen-bond acceptors (Lipinski definition) is 4. The van der Waals surface area contributed by atoms with Crippen LogP contribution in [0.4, 0.5) is 14.9 Å². The van der Waals surface area contributed by atoms with Crippen molar-refractivity contribution >= 4 is 27.6 Å². The predicted octanol–water partition coefficient (Wildman–Crippen LogP) is 1.79. The lowest BCUT2D eigenvalue weighted by atomic mass is 10.2. The molecule has 1 unspecified atom stereocenters. The van der Waals surface area contributed by atoms with Gasteiger partial charge in [-0.25, -0.2) is 17.6 Å². The molecule has 160 valence electrons. The Morgan fingerprint density at radius 1 is 1.03 bits per heavy atom. The van der Waals surface area contributed by atoms with E-state index in [2.05, 4.69) is 10.6 Å².